The summed E-state index contributed by atoms with van der Waals surface area (Å²) in [5.74, 6) is 0. The molecule has 0 fully saturated rings. The smallest absolute Gasteiger partial charge is 0.309 e. The number of aromatic nitrogens is 2. The van der Waals surface area contributed by atoms with Crippen molar-refractivity contribution in [1.29, 1.82) is 0 Å². The van der Waals surface area contributed by atoms with Crippen LogP contribution in [-0.2, 0) is 19.8 Å². The number of rotatable bonds is 6. The second-order valence-electron chi connectivity index (χ2n) is 2.85. The summed E-state index contributed by atoms with van der Waals surface area (Å²) in [6, 6.07) is 0. The van der Waals surface area contributed by atoms with Gasteiger partial charge in [-0.25, -0.2) is 9.97 Å². The van der Waals surface area contributed by atoms with Gasteiger partial charge in [0.25, 0.3) is 0 Å². The number of nitrogens with zero attached hydrogens (tertiary/aromatic N) is 2. The van der Waals surface area contributed by atoms with E-state index in [1.165, 1.54) is 6.33 Å². The Balaban J connectivity index is 2.71. The zero-order chi connectivity index (χ0) is 11.1. The Morgan fingerprint density at radius 1 is 1.20 bits per heavy atom. The molecule has 0 amide bonds. The molecule has 0 radical (unpaired) electrons. The molecule has 84 valence electrons. The molecule has 1 rings (SSSR count). The van der Waals surface area contributed by atoms with Crippen molar-refractivity contribution < 1.29 is 13.6 Å². The molecule has 15 heavy (non-hydrogen) atoms. The summed E-state index contributed by atoms with van der Waals surface area (Å²) < 4.78 is 22.4. The van der Waals surface area contributed by atoms with E-state index >= 15 is 0 Å². The van der Waals surface area contributed by atoms with Crippen molar-refractivity contribution in [3.8, 4) is 0 Å². The fourth-order valence-electron chi connectivity index (χ4n) is 1.16. The lowest BCUT2D eigenvalue weighted by atomic mass is 10.4. The molecule has 0 unspecified atom stereocenters. The molecule has 1 aromatic rings. The number of hydrogen-bond acceptors (Lipinski definition) is 5. The molecule has 0 bridgehead atoms. The lowest BCUT2D eigenvalue weighted by Gasteiger charge is -2.16. The highest BCUT2D eigenvalue weighted by molar-refractivity contribution is 7.53. The predicted molar refractivity (Wildman–Crippen MR) is 56.6 cm³/mol. The SMILES string of the molecule is CCOP(=O)(Cc1cncnc1)OCC. The van der Waals surface area contributed by atoms with E-state index in [1.807, 2.05) is 0 Å². The van der Waals surface area contributed by atoms with Crippen molar-refractivity contribution in [1.82, 2.24) is 9.97 Å². The van der Waals surface area contributed by atoms with Gasteiger partial charge < -0.3 is 9.05 Å². The van der Waals surface area contributed by atoms with E-state index in [0.717, 1.165) is 5.56 Å². The Kier molecular flexibility index (Phi) is 4.88. The van der Waals surface area contributed by atoms with Gasteiger partial charge in [-0.15, -0.1) is 0 Å². The fraction of sp³-hybridized carbons (Fsp3) is 0.556. The van der Waals surface area contributed by atoms with E-state index in [0.29, 0.717) is 13.2 Å². The van der Waals surface area contributed by atoms with E-state index in [1.54, 1.807) is 26.2 Å². The summed E-state index contributed by atoms with van der Waals surface area (Å²) in [6.07, 6.45) is 4.86. The summed E-state index contributed by atoms with van der Waals surface area (Å²) in [5, 5.41) is 0. The molecule has 5 nitrogen and oxygen atoms in total. The molecular formula is C9H15N2O3P. The zero-order valence-corrected chi connectivity index (χ0v) is 9.81. The molecule has 6 heteroatoms. The van der Waals surface area contributed by atoms with Crippen LogP contribution in [0.1, 0.15) is 19.4 Å². The van der Waals surface area contributed by atoms with Crippen molar-refractivity contribution in [2.24, 2.45) is 0 Å². The molecule has 0 aliphatic carbocycles. The van der Waals surface area contributed by atoms with Crippen LogP contribution in [-0.4, -0.2) is 23.2 Å². The second kappa shape index (κ2) is 5.95. The quantitative estimate of drug-likeness (QED) is 0.701. The highest BCUT2D eigenvalue weighted by atomic mass is 31.2. The van der Waals surface area contributed by atoms with Crippen LogP contribution in [0.15, 0.2) is 18.7 Å². The lowest BCUT2D eigenvalue weighted by Crippen LogP contribution is -1.99. The maximum atomic E-state index is 12.1. The van der Waals surface area contributed by atoms with Crippen LogP contribution in [0.5, 0.6) is 0 Å². The monoisotopic (exact) mass is 230 g/mol. The second-order valence-corrected chi connectivity index (χ2v) is 4.91. The third-order valence-corrected chi connectivity index (χ3v) is 3.70. The molecule has 1 heterocycles. The van der Waals surface area contributed by atoms with Gasteiger partial charge in [-0.1, -0.05) is 0 Å². The molecule has 0 N–H and O–H groups in total. The molecule has 0 saturated heterocycles. The minimum Gasteiger partial charge on any atom is -0.309 e. The Labute approximate surface area is 89.4 Å². The first-order valence-electron chi connectivity index (χ1n) is 4.82. The van der Waals surface area contributed by atoms with Gasteiger partial charge in [0.2, 0.25) is 0 Å². The van der Waals surface area contributed by atoms with Crippen LogP contribution >= 0.6 is 7.60 Å². The van der Waals surface area contributed by atoms with E-state index < -0.39 is 7.60 Å². The summed E-state index contributed by atoms with van der Waals surface area (Å²) in [6.45, 7) is 4.30. The molecule has 0 aliphatic heterocycles. The van der Waals surface area contributed by atoms with Crippen molar-refractivity contribution >= 4 is 7.60 Å². The first-order valence-corrected chi connectivity index (χ1v) is 6.55. The van der Waals surface area contributed by atoms with Gasteiger partial charge in [0.1, 0.15) is 6.33 Å². The molecule has 0 spiro atoms. The van der Waals surface area contributed by atoms with Gasteiger partial charge >= 0.3 is 7.60 Å². The Hall–Kier alpha value is -0.770. The largest absolute Gasteiger partial charge is 0.335 e. The molecule has 0 saturated carbocycles. The van der Waals surface area contributed by atoms with Crippen LogP contribution in [0.3, 0.4) is 0 Å². The molecular weight excluding hydrogens is 215 g/mol. The van der Waals surface area contributed by atoms with Gasteiger partial charge in [-0.05, 0) is 13.8 Å². The minimum absolute atomic E-state index is 0.218. The number of hydrogen-bond donors (Lipinski definition) is 0. The van der Waals surface area contributed by atoms with E-state index in [2.05, 4.69) is 9.97 Å². The third-order valence-electron chi connectivity index (χ3n) is 1.64. The summed E-state index contributed by atoms with van der Waals surface area (Å²) in [5.41, 5.74) is 0.753. The van der Waals surface area contributed by atoms with Crippen LogP contribution in [0.25, 0.3) is 0 Å². The van der Waals surface area contributed by atoms with Gasteiger partial charge in [0.05, 0.1) is 19.4 Å². The first-order chi connectivity index (χ1) is 7.20. The maximum Gasteiger partial charge on any atom is 0.335 e. The lowest BCUT2D eigenvalue weighted by molar-refractivity contribution is 0.219. The first kappa shape index (κ1) is 12.3. The Morgan fingerprint density at radius 3 is 2.20 bits per heavy atom. The van der Waals surface area contributed by atoms with E-state index in [-0.39, 0.29) is 6.16 Å². The Bertz CT molecular complexity index is 321. The minimum atomic E-state index is -3.02. The zero-order valence-electron chi connectivity index (χ0n) is 8.92. The van der Waals surface area contributed by atoms with Crippen LogP contribution in [0, 0.1) is 0 Å². The molecule has 0 atom stereocenters. The van der Waals surface area contributed by atoms with Gasteiger partial charge in [-0.3, -0.25) is 4.57 Å². The van der Waals surface area contributed by atoms with Gasteiger partial charge in [-0.2, -0.15) is 0 Å². The van der Waals surface area contributed by atoms with Crippen molar-refractivity contribution in [2.45, 2.75) is 20.0 Å². The fourth-order valence-corrected chi connectivity index (χ4v) is 2.81. The topological polar surface area (TPSA) is 61.3 Å². The average Bonchev–Trinajstić information content (AvgIpc) is 2.19. The average molecular weight is 230 g/mol. The van der Waals surface area contributed by atoms with E-state index in [9.17, 15) is 4.57 Å². The van der Waals surface area contributed by atoms with Crippen LogP contribution in [0.2, 0.25) is 0 Å². The summed E-state index contributed by atoms with van der Waals surface area (Å²) in [4.78, 5) is 7.69. The molecule has 0 aliphatic rings. The predicted octanol–water partition coefficient (Wildman–Crippen LogP) is 2.24. The molecule has 1 aromatic heterocycles. The molecule has 0 aromatic carbocycles. The maximum absolute atomic E-state index is 12.1. The highest BCUT2D eigenvalue weighted by Crippen LogP contribution is 2.50. The van der Waals surface area contributed by atoms with Crippen molar-refractivity contribution in [3.05, 3.63) is 24.3 Å². The normalized spacial score (nSPS) is 11.6. The van der Waals surface area contributed by atoms with Gasteiger partial charge in [0.15, 0.2) is 0 Å². The Morgan fingerprint density at radius 2 is 1.73 bits per heavy atom. The van der Waals surface area contributed by atoms with Crippen LogP contribution in [0.4, 0.5) is 0 Å². The van der Waals surface area contributed by atoms with Crippen molar-refractivity contribution in [3.63, 3.8) is 0 Å². The van der Waals surface area contributed by atoms with Crippen molar-refractivity contribution in [2.75, 3.05) is 13.2 Å². The third kappa shape index (κ3) is 4.08. The standard InChI is InChI=1S/C9H15N2O3P/c1-3-13-15(12,14-4-2)7-9-5-10-8-11-6-9/h5-6,8H,3-4,7H2,1-2H3. The van der Waals surface area contributed by atoms with E-state index in [4.69, 9.17) is 9.05 Å². The summed E-state index contributed by atoms with van der Waals surface area (Å²) >= 11 is 0. The summed E-state index contributed by atoms with van der Waals surface area (Å²) in [7, 11) is -3.02. The van der Waals surface area contributed by atoms with Crippen LogP contribution < -0.4 is 0 Å². The van der Waals surface area contributed by atoms with Gasteiger partial charge in [0, 0.05) is 18.0 Å². The highest BCUT2D eigenvalue weighted by Gasteiger charge is 2.24.